The predicted octanol–water partition coefficient (Wildman–Crippen LogP) is 5.21. The molecule has 0 saturated carbocycles. The van der Waals surface area contributed by atoms with E-state index in [1.807, 2.05) is 61.5 Å². The standard InChI is InChI=1S/C24H35FNO7P/c1-19(2)32-34(27,33-25)31-18-30-23(16-26(3)4)17-29-24-12-7-6-10-21(24)14-13-20-9-8-11-22(15-20)28-5/h6-12,15,19,23H,13-14,16-18H2,1-5H3/t23-,34?/m0/s1. The molecule has 0 aliphatic rings. The van der Waals surface area contributed by atoms with E-state index in [2.05, 4.69) is 10.8 Å². The highest BCUT2D eigenvalue weighted by atomic mass is 31.2. The molecule has 0 aliphatic heterocycles. The SMILES string of the molecule is COc1cccc(CCc2ccccc2OC[C@H](CN(C)C)OCOP(=O)(OF)OC(C)C)c1. The van der Waals surface area contributed by atoms with E-state index in [0.29, 0.717) is 6.54 Å². The number of phosphoric ester groups is 1. The van der Waals surface area contributed by atoms with Gasteiger partial charge in [0.05, 0.1) is 13.2 Å². The Hall–Kier alpha value is -2.00. The van der Waals surface area contributed by atoms with Gasteiger partial charge in [-0.25, -0.2) is 4.57 Å². The summed E-state index contributed by atoms with van der Waals surface area (Å²) in [6.07, 6.45) is 0.636. The first-order valence-corrected chi connectivity index (χ1v) is 12.5. The van der Waals surface area contributed by atoms with Crippen molar-refractivity contribution >= 4 is 7.82 Å². The highest BCUT2D eigenvalue weighted by Crippen LogP contribution is 2.50. The van der Waals surface area contributed by atoms with E-state index in [1.165, 1.54) is 5.56 Å². The summed E-state index contributed by atoms with van der Waals surface area (Å²) in [7, 11) is 1.09. The summed E-state index contributed by atoms with van der Waals surface area (Å²) in [5.41, 5.74) is 2.23. The summed E-state index contributed by atoms with van der Waals surface area (Å²) in [6.45, 7) is 3.41. The van der Waals surface area contributed by atoms with Crippen LogP contribution in [0.4, 0.5) is 4.53 Å². The number of ether oxygens (including phenoxy) is 3. The number of hydrogen-bond donors (Lipinski definition) is 0. The molecule has 0 saturated heterocycles. The fraction of sp³-hybridized carbons (Fsp3) is 0.500. The van der Waals surface area contributed by atoms with Gasteiger partial charge in [0, 0.05) is 6.54 Å². The Balaban J connectivity index is 1.96. The summed E-state index contributed by atoms with van der Waals surface area (Å²) < 4.78 is 55.0. The van der Waals surface area contributed by atoms with E-state index in [1.54, 1.807) is 21.0 Å². The molecule has 0 aliphatic carbocycles. The molecule has 0 radical (unpaired) electrons. The smallest absolute Gasteiger partial charge is 0.497 e. The molecule has 2 atom stereocenters. The highest BCUT2D eigenvalue weighted by Gasteiger charge is 2.30. The molecule has 0 N–H and O–H groups in total. The number of phosphoric acid groups is 1. The Morgan fingerprint density at radius 3 is 2.50 bits per heavy atom. The maximum absolute atomic E-state index is 12.7. The van der Waals surface area contributed by atoms with Gasteiger partial charge in [0.1, 0.15) is 24.2 Å². The maximum atomic E-state index is 12.7. The van der Waals surface area contributed by atoms with Crippen LogP contribution in [0.5, 0.6) is 11.5 Å². The van der Waals surface area contributed by atoms with Gasteiger partial charge in [-0.1, -0.05) is 35.1 Å². The molecule has 2 rings (SSSR count). The number of hydrogen-bond acceptors (Lipinski definition) is 8. The molecule has 34 heavy (non-hydrogen) atoms. The van der Waals surface area contributed by atoms with Gasteiger partial charge in [0.15, 0.2) is 6.79 Å². The molecule has 190 valence electrons. The van der Waals surface area contributed by atoms with Crippen molar-refractivity contribution in [2.75, 3.05) is 41.1 Å². The highest BCUT2D eigenvalue weighted by molar-refractivity contribution is 7.48. The van der Waals surface area contributed by atoms with Gasteiger partial charge in [-0.15, -0.1) is 0 Å². The molecule has 2 aromatic rings. The predicted molar refractivity (Wildman–Crippen MR) is 128 cm³/mol. The number of likely N-dealkylation sites (N-methyl/N-ethyl adjacent to an activating group) is 1. The van der Waals surface area contributed by atoms with Crippen molar-refractivity contribution in [3.05, 3.63) is 59.7 Å². The topological polar surface area (TPSA) is 75.7 Å². The Bertz CT molecular complexity index is 912. The van der Waals surface area contributed by atoms with E-state index < -0.39 is 26.8 Å². The number of methoxy groups -OCH3 is 1. The molecule has 0 aromatic heterocycles. The molecule has 0 spiro atoms. The minimum atomic E-state index is -4.33. The number of halogens is 1. The summed E-state index contributed by atoms with van der Waals surface area (Å²) in [5.74, 6) is 1.58. The molecular weight excluding hydrogens is 464 g/mol. The van der Waals surface area contributed by atoms with Crippen LogP contribution in [-0.2, 0) is 35.9 Å². The minimum absolute atomic E-state index is 0.212. The van der Waals surface area contributed by atoms with Crippen LogP contribution in [0.1, 0.15) is 25.0 Å². The fourth-order valence-electron chi connectivity index (χ4n) is 3.22. The maximum Gasteiger partial charge on any atom is 0.508 e. The van der Waals surface area contributed by atoms with Crippen LogP contribution in [0.25, 0.3) is 0 Å². The second-order valence-electron chi connectivity index (χ2n) is 8.24. The average molecular weight is 500 g/mol. The third kappa shape index (κ3) is 10.1. The first-order valence-electron chi connectivity index (χ1n) is 11.1. The van der Waals surface area contributed by atoms with Crippen molar-refractivity contribution in [2.24, 2.45) is 0 Å². The molecule has 10 heteroatoms. The fourth-order valence-corrected chi connectivity index (χ4v) is 4.06. The van der Waals surface area contributed by atoms with Crippen LogP contribution >= 0.6 is 7.82 Å². The molecule has 8 nitrogen and oxygen atoms in total. The molecule has 0 amide bonds. The first-order chi connectivity index (χ1) is 16.2. The van der Waals surface area contributed by atoms with Crippen LogP contribution in [0.15, 0.2) is 48.5 Å². The van der Waals surface area contributed by atoms with Gasteiger partial charge in [-0.05, 0) is 74.6 Å². The van der Waals surface area contributed by atoms with Crippen LogP contribution < -0.4 is 9.47 Å². The molecule has 2 aromatic carbocycles. The van der Waals surface area contributed by atoms with Crippen molar-refractivity contribution in [3.8, 4) is 11.5 Å². The normalized spacial score (nSPS) is 14.2. The average Bonchev–Trinajstić information content (AvgIpc) is 2.81. The van der Waals surface area contributed by atoms with Crippen molar-refractivity contribution in [1.82, 2.24) is 4.90 Å². The molecule has 1 unspecified atom stereocenters. The number of para-hydroxylation sites is 1. The van der Waals surface area contributed by atoms with Gasteiger partial charge in [-0.3, -0.25) is 9.05 Å². The number of aryl methyl sites for hydroxylation is 2. The lowest BCUT2D eigenvalue weighted by atomic mass is 10.0. The zero-order valence-corrected chi connectivity index (χ0v) is 21.3. The minimum Gasteiger partial charge on any atom is -0.497 e. The van der Waals surface area contributed by atoms with E-state index in [-0.39, 0.29) is 6.61 Å². The lowest BCUT2D eigenvalue weighted by Crippen LogP contribution is -2.34. The van der Waals surface area contributed by atoms with E-state index in [4.69, 9.17) is 23.3 Å². The van der Waals surface area contributed by atoms with Gasteiger partial charge in [0.2, 0.25) is 0 Å². The monoisotopic (exact) mass is 499 g/mol. The largest absolute Gasteiger partial charge is 0.508 e. The summed E-state index contributed by atoms with van der Waals surface area (Å²) in [6, 6.07) is 15.8. The number of nitrogens with zero attached hydrogens (tertiary/aromatic N) is 1. The zero-order chi connectivity index (χ0) is 25.0. The Morgan fingerprint density at radius 1 is 1.06 bits per heavy atom. The number of benzene rings is 2. The van der Waals surface area contributed by atoms with Crippen molar-refractivity contribution in [2.45, 2.75) is 38.9 Å². The van der Waals surface area contributed by atoms with Crippen LogP contribution in [0.3, 0.4) is 0 Å². The second-order valence-corrected chi connectivity index (χ2v) is 9.74. The number of rotatable bonds is 16. The summed E-state index contributed by atoms with van der Waals surface area (Å²) in [5, 5.41) is 0. The molecular formula is C24H35FNO7P. The van der Waals surface area contributed by atoms with E-state index in [0.717, 1.165) is 29.9 Å². The zero-order valence-electron chi connectivity index (χ0n) is 20.4. The third-order valence-corrected chi connectivity index (χ3v) is 5.99. The lowest BCUT2D eigenvalue weighted by Gasteiger charge is -2.23. The first kappa shape index (κ1) is 28.2. The van der Waals surface area contributed by atoms with Crippen molar-refractivity contribution in [1.29, 1.82) is 0 Å². The summed E-state index contributed by atoms with van der Waals surface area (Å²) in [4.78, 5) is 1.92. The Morgan fingerprint density at radius 2 is 1.82 bits per heavy atom. The van der Waals surface area contributed by atoms with Crippen molar-refractivity contribution < 1.29 is 37.1 Å². The third-order valence-electron chi connectivity index (χ3n) is 4.72. The van der Waals surface area contributed by atoms with Gasteiger partial charge in [0.25, 0.3) is 0 Å². The van der Waals surface area contributed by atoms with E-state index in [9.17, 15) is 9.09 Å². The van der Waals surface area contributed by atoms with Crippen LogP contribution in [0, 0.1) is 0 Å². The van der Waals surface area contributed by atoms with Crippen LogP contribution in [0.2, 0.25) is 0 Å². The Kier molecular flexibility index (Phi) is 12.0. The summed E-state index contributed by atoms with van der Waals surface area (Å²) >= 11 is 0. The molecule has 0 heterocycles. The van der Waals surface area contributed by atoms with Crippen LogP contribution in [-0.4, -0.2) is 58.3 Å². The van der Waals surface area contributed by atoms with Gasteiger partial charge < -0.3 is 19.1 Å². The van der Waals surface area contributed by atoms with Gasteiger partial charge in [-0.2, -0.15) is 0 Å². The van der Waals surface area contributed by atoms with Gasteiger partial charge >= 0.3 is 7.82 Å². The lowest BCUT2D eigenvalue weighted by molar-refractivity contribution is -0.108. The quantitative estimate of drug-likeness (QED) is 0.230. The molecule has 0 bridgehead atoms. The Labute approximate surface area is 201 Å². The van der Waals surface area contributed by atoms with Crippen molar-refractivity contribution in [3.63, 3.8) is 0 Å². The van der Waals surface area contributed by atoms with E-state index >= 15 is 0 Å². The molecule has 0 fully saturated rings. The second kappa shape index (κ2) is 14.4.